The SMILES string of the molecule is CC(C)(C)P(CNc1ccccc1)C(C)(C)C. The summed E-state index contributed by atoms with van der Waals surface area (Å²) in [5.74, 6) is 0. The van der Waals surface area contributed by atoms with Crippen molar-refractivity contribution in [3.8, 4) is 0 Å². The van der Waals surface area contributed by atoms with E-state index in [9.17, 15) is 0 Å². The van der Waals surface area contributed by atoms with Crippen LogP contribution in [0.5, 0.6) is 0 Å². The molecule has 0 radical (unpaired) electrons. The maximum atomic E-state index is 3.59. The summed E-state index contributed by atoms with van der Waals surface area (Å²) >= 11 is 0. The fourth-order valence-corrected chi connectivity index (χ4v) is 5.51. The summed E-state index contributed by atoms with van der Waals surface area (Å²) in [6, 6.07) is 10.5. The van der Waals surface area contributed by atoms with Gasteiger partial charge in [0, 0.05) is 12.0 Å². The van der Waals surface area contributed by atoms with Gasteiger partial charge in [-0.2, -0.15) is 0 Å². The highest BCUT2D eigenvalue weighted by molar-refractivity contribution is 7.60. The molecule has 0 saturated carbocycles. The van der Waals surface area contributed by atoms with Crippen molar-refractivity contribution in [2.24, 2.45) is 0 Å². The molecule has 2 heteroatoms. The molecular weight excluding hydrogens is 225 g/mol. The van der Waals surface area contributed by atoms with Crippen LogP contribution in [-0.2, 0) is 0 Å². The summed E-state index contributed by atoms with van der Waals surface area (Å²) in [5, 5.41) is 4.36. The molecule has 1 N–H and O–H groups in total. The second-order valence-electron chi connectivity index (χ2n) is 6.47. The minimum Gasteiger partial charge on any atom is -0.381 e. The fraction of sp³-hybridized carbons (Fsp3) is 0.600. The van der Waals surface area contributed by atoms with Gasteiger partial charge in [0.05, 0.1) is 0 Å². The number of nitrogens with one attached hydrogen (secondary N) is 1. The molecule has 0 atom stereocenters. The molecule has 0 aromatic heterocycles. The summed E-state index contributed by atoms with van der Waals surface area (Å²) < 4.78 is 0. The summed E-state index contributed by atoms with van der Waals surface area (Å²) in [7, 11) is -0.0775. The third-order valence-corrected chi connectivity index (χ3v) is 6.55. The number of hydrogen-bond donors (Lipinski definition) is 1. The third-order valence-electron chi connectivity index (χ3n) is 2.83. The van der Waals surface area contributed by atoms with E-state index in [0.29, 0.717) is 10.3 Å². The zero-order valence-electron chi connectivity index (χ0n) is 12.0. The van der Waals surface area contributed by atoms with Crippen LogP contribution in [0.1, 0.15) is 41.5 Å². The van der Waals surface area contributed by atoms with Gasteiger partial charge in [0.1, 0.15) is 0 Å². The number of anilines is 1. The van der Waals surface area contributed by atoms with Gasteiger partial charge in [-0.15, -0.1) is 0 Å². The number of hydrogen-bond acceptors (Lipinski definition) is 1. The molecule has 1 nitrogen and oxygen atoms in total. The Labute approximate surface area is 108 Å². The molecule has 0 aliphatic rings. The Morgan fingerprint density at radius 3 is 1.76 bits per heavy atom. The lowest BCUT2D eigenvalue weighted by atomic mass is 10.2. The van der Waals surface area contributed by atoms with E-state index in [1.807, 2.05) is 0 Å². The van der Waals surface area contributed by atoms with E-state index in [0.717, 1.165) is 6.29 Å². The van der Waals surface area contributed by atoms with Crippen LogP contribution in [0.2, 0.25) is 0 Å². The Morgan fingerprint density at radius 2 is 1.35 bits per heavy atom. The fourth-order valence-electron chi connectivity index (χ4n) is 2.21. The minimum absolute atomic E-state index is 0.0775. The molecule has 0 amide bonds. The maximum Gasteiger partial charge on any atom is 0.0357 e. The van der Waals surface area contributed by atoms with Crippen molar-refractivity contribution < 1.29 is 0 Å². The van der Waals surface area contributed by atoms with Crippen LogP contribution in [0.4, 0.5) is 5.69 Å². The van der Waals surface area contributed by atoms with Crippen LogP contribution in [0.25, 0.3) is 0 Å². The second-order valence-corrected chi connectivity index (χ2v) is 10.3. The van der Waals surface area contributed by atoms with Gasteiger partial charge in [0.15, 0.2) is 0 Å². The monoisotopic (exact) mass is 251 g/mol. The predicted octanol–water partition coefficient (Wildman–Crippen LogP) is 5.13. The normalized spacial score (nSPS) is 12.9. The molecule has 96 valence electrons. The highest BCUT2D eigenvalue weighted by Gasteiger charge is 2.33. The lowest BCUT2D eigenvalue weighted by Crippen LogP contribution is -2.28. The highest BCUT2D eigenvalue weighted by atomic mass is 31.1. The number of rotatable bonds is 3. The van der Waals surface area contributed by atoms with Gasteiger partial charge in [-0.3, -0.25) is 0 Å². The van der Waals surface area contributed by atoms with E-state index in [1.165, 1.54) is 5.69 Å². The van der Waals surface area contributed by atoms with Gasteiger partial charge in [-0.25, -0.2) is 0 Å². The molecule has 1 aromatic rings. The molecule has 0 saturated heterocycles. The van der Waals surface area contributed by atoms with E-state index in [-0.39, 0.29) is 7.92 Å². The highest BCUT2D eigenvalue weighted by Crippen LogP contribution is 2.58. The summed E-state index contributed by atoms with van der Waals surface area (Å²) in [4.78, 5) is 0. The largest absolute Gasteiger partial charge is 0.381 e. The van der Waals surface area contributed by atoms with Crippen LogP contribution in [0, 0.1) is 0 Å². The molecule has 1 rings (SSSR count). The quantitative estimate of drug-likeness (QED) is 0.734. The van der Waals surface area contributed by atoms with E-state index in [2.05, 4.69) is 77.2 Å². The van der Waals surface area contributed by atoms with Crippen LogP contribution in [0.15, 0.2) is 30.3 Å². The van der Waals surface area contributed by atoms with E-state index in [4.69, 9.17) is 0 Å². The average Bonchev–Trinajstić information content (AvgIpc) is 2.15. The zero-order chi connectivity index (χ0) is 13.1. The van der Waals surface area contributed by atoms with Gasteiger partial charge in [0.25, 0.3) is 0 Å². The second kappa shape index (κ2) is 5.40. The minimum atomic E-state index is -0.0775. The standard InChI is InChI=1S/C15H26NP/c1-14(2,3)17(15(4,5)6)12-16-13-10-8-7-9-11-13/h7-11,16H,12H2,1-6H3. The molecule has 0 spiro atoms. The van der Waals surface area contributed by atoms with Gasteiger partial charge in [-0.05, 0) is 22.4 Å². The molecule has 1 aromatic carbocycles. The Hall–Kier alpha value is -0.550. The average molecular weight is 251 g/mol. The Bertz CT molecular complexity index is 318. The summed E-state index contributed by atoms with van der Waals surface area (Å²) in [6.07, 6.45) is 1.09. The Balaban J connectivity index is 2.70. The van der Waals surface area contributed by atoms with Gasteiger partial charge in [-0.1, -0.05) is 67.7 Å². The van der Waals surface area contributed by atoms with Crippen molar-refractivity contribution in [1.29, 1.82) is 0 Å². The first-order valence-corrected chi connectivity index (χ1v) is 7.80. The smallest absolute Gasteiger partial charge is 0.0357 e. The van der Waals surface area contributed by atoms with Crippen molar-refractivity contribution >= 4 is 13.6 Å². The number of benzene rings is 1. The Morgan fingerprint density at radius 1 is 0.882 bits per heavy atom. The van der Waals surface area contributed by atoms with Crippen molar-refractivity contribution in [3.63, 3.8) is 0 Å². The molecule has 0 aliphatic carbocycles. The van der Waals surface area contributed by atoms with Crippen LogP contribution >= 0.6 is 7.92 Å². The van der Waals surface area contributed by atoms with Crippen LogP contribution in [-0.4, -0.2) is 16.6 Å². The van der Waals surface area contributed by atoms with E-state index in [1.54, 1.807) is 0 Å². The molecule has 17 heavy (non-hydrogen) atoms. The lowest BCUT2D eigenvalue weighted by molar-refractivity contribution is 0.706. The molecule has 0 fully saturated rings. The number of para-hydroxylation sites is 1. The first-order valence-electron chi connectivity index (χ1n) is 6.28. The molecule has 0 unspecified atom stereocenters. The molecular formula is C15H26NP. The summed E-state index contributed by atoms with van der Waals surface area (Å²) in [6.45, 7) is 14.1. The molecule has 0 bridgehead atoms. The van der Waals surface area contributed by atoms with Crippen molar-refractivity contribution in [2.45, 2.75) is 51.9 Å². The predicted molar refractivity (Wildman–Crippen MR) is 81.4 cm³/mol. The van der Waals surface area contributed by atoms with E-state index < -0.39 is 0 Å². The maximum absolute atomic E-state index is 3.59. The van der Waals surface area contributed by atoms with Crippen molar-refractivity contribution in [1.82, 2.24) is 0 Å². The first kappa shape index (κ1) is 14.5. The molecule has 0 heterocycles. The van der Waals surface area contributed by atoms with Crippen LogP contribution < -0.4 is 5.32 Å². The van der Waals surface area contributed by atoms with Crippen molar-refractivity contribution in [3.05, 3.63) is 30.3 Å². The van der Waals surface area contributed by atoms with Crippen LogP contribution in [0.3, 0.4) is 0 Å². The van der Waals surface area contributed by atoms with Crippen molar-refractivity contribution in [2.75, 3.05) is 11.6 Å². The van der Waals surface area contributed by atoms with Gasteiger partial charge in [0.2, 0.25) is 0 Å². The van der Waals surface area contributed by atoms with Gasteiger partial charge < -0.3 is 5.32 Å². The van der Waals surface area contributed by atoms with E-state index >= 15 is 0 Å². The van der Waals surface area contributed by atoms with Gasteiger partial charge >= 0.3 is 0 Å². The lowest BCUT2D eigenvalue weighted by Gasteiger charge is -2.41. The first-order chi connectivity index (χ1) is 7.71. The molecule has 0 aliphatic heterocycles. The topological polar surface area (TPSA) is 12.0 Å². The zero-order valence-corrected chi connectivity index (χ0v) is 12.9. The summed E-state index contributed by atoms with van der Waals surface area (Å²) in [5.41, 5.74) is 1.23. The third kappa shape index (κ3) is 4.68. The Kier molecular flexibility index (Phi) is 4.61.